The number of rotatable bonds is 20. The van der Waals surface area contributed by atoms with Crippen molar-refractivity contribution in [1.82, 2.24) is 24.9 Å². The van der Waals surface area contributed by atoms with Gasteiger partial charge >= 0.3 is 17.9 Å². The third kappa shape index (κ3) is 15.1. The van der Waals surface area contributed by atoms with E-state index in [9.17, 15) is 34.5 Å². The van der Waals surface area contributed by atoms with Gasteiger partial charge in [0.25, 0.3) is 0 Å². The lowest BCUT2D eigenvalue weighted by Gasteiger charge is -2.35. The van der Waals surface area contributed by atoms with Gasteiger partial charge in [0.1, 0.15) is 0 Å². The number of hydrogen-bond acceptors (Lipinski definition) is 9. The van der Waals surface area contributed by atoms with E-state index in [-0.39, 0.29) is 36.8 Å². The number of hydrogen-bond donors (Lipinski definition) is 4. The molecule has 4 rings (SSSR count). The van der Waals surface area contributed by atoms with E-state index in [1.807, 2.05) is 16.7 Å². The van der Waals surface area contributed by atoms with Gasteiger partial charge in [-0.25, -0.2) is 0 Å². The predicted molar refractivity (Wildman–Crippen MR) is 216 cm³/mol. The van der Waals surface area contributed by atoms with Crippen LogP contribution >= 0.6 is 11.8 Å². The molecule has 55 heavy (non-hydrogen) atoms. The normalized spacial score (nSPS) is 15.8. The van der Waals surface area contributed by atoms with Crippen molar-refractivity contribution in [2.75, 3.05) is 90.8 Å². The maximum atomic E-state index is 13.0. The van der Waals surface area contributed by atoms with Gasteiger partial charge in [-0.3, -0.25) is 38.8 Å². The zero-order valence-electron chi connectivity index (χ0n) is 31.8. The summed E-state index contributed by atoms with van der Waals surface area (Å²) in [6.07, 6.45) is 5.11. The van der Waals surface area contributed by atoms with Crippen molar-refractivity contribution in [3.8, 4) is 0 Å². The van der Waals surface area contributed by atoms with E-state index in [4.69, 9.17) is 0 Å². The molecule has 3 aromatic rings. The van der Waals surface area contributed by atoms with Crippen molar-refractivity contribution in [3.63, 3.8) is 0 Å². The van der Waals surface area contributed by atoms with Crippen LogP contribution in [0.1, 0.15) is 48.8 Å². The summed E-state index contributed by atoms with van der Waals surface area (Å²) in [5.41, 5.74) is 3.79. The maximum Gasteiger partial charge on any atom is 0.317 e. The van der Waals surface area contributed by atoms with Crippen LogP contribution in [-0.4, -0.2) is 150 Å². The monoisotopic (exact) mass is 775 g/mol. The average Bonchev–Trinajstić information content (AvgIpc) is 3.17. The Kier molecular flexibility index (Phi) is 18.7. The van der Waals surface area contributed by atoms with E-state index in [0.717, 1.165) is 37.9 Å². The Bertz CT molecular complexity index is 1470. The van der Waals surface area contributed by atoms with E-state index in [1.54, 1.807) is 14.7 Å². The summed E-state index contributed by atoms with van der Waals surface area (Å²) >= 11 is 1.98. The molecule has 4 N–H and O–H groups in total. The number of unbranched alkanes of at least 4 members (excludes halogenated alkanes) is 4. The van der Waals surface area contributed by atoms with Crippen molar-refractivity contribution >= 4 is 35.6 Å². The SMILES string of the molecule is O=C(O)CN1CCN(CC(=O)O)CCN(CC(=O)NCCCCCCCSC(c2ccccc2)(c2ccccc2)c2ccccc2)CCN(CC(=O)O)CC1. The van der Waals surface area contributed by atoms with Gasteiger partial charge in [-0.15, -0.1) is 11.8 Å². The van der Waals surface area contributed by atoms with Crippen LogP contribution in [0.5, 0.6) is 0 Å². The highest BCUT2D eigenvalue weighted by molar-refractivity contribution is 8.00. The molecule has 1 aliphatic heterocycles. The number of nitrogens with one attached hydrogen (secondary N) is 1. The van der Waals surface area contributed by atoms with Gasteiger partial charge in [0.15, 0.2) is 0 Å². The van der Waals surface area contributed by atoms with Gasteiger partial charge in [-0.1, -0.05) is 110 Å². The fraction of sp³-hybridized carbons (Fsp3) is 0.476. The third-order valence-electron chi connectivity index (χ3n) is 9.88. The van der Waals surface area contributed by atoms with Crippen LogP contribution in [0.3, 0.4) is 0 Å². The Balaban J connectivity index is 1.24. The highest BCUT2D eigenvalue weighted by Gasteiger charge is 2.36. The standard InChI is InChI=1S/C42H57N5O7S/c48-38(31-44-22-24-45(32-39(49)50)26-28-47(34-41(53)54)29-27-46(25-23-44)33-40(51)52)43-21-13-2-1-3-14-30-55-42(35-15-7-4-8-16-35,36-17-9-5-10-18-36)37-19-11-6-12-20-37/h4-12,15-20H,1-3,13-14,21-34H2,(H,43,48)(H,49,50)(H,51,52)(H,53,54). The molecule has 0 unspecified atom stereocenters. The zero-order valence-corrected chi connectivity index (χ0v) is 32.6. The Morgan fingerprint density at radius 3 is 1.18 bits per heavy atom. The molecule has 0 atom stereocenters. The van der Waals surface area contributed by atoms with Gasteiger partial charge in [0.2, 0.25) is 5.91 Å². The molecule has 0 saturated carbocycles. The molecule has 298 valence electrons. The van der Waals surface area contributed by atoms with Gasteiger partial charge in [0.05, 0.1) is 30.9 Å². The molecular formula is C42H57N5O7S. The molecule has 3 aromatic carbocycles. The number of benzene rings is 3. The number of carboxylic acid groups (broad SMARTS) is 3. The smallest absolute Gasteiger partial charge is 0.317 e. The number of carbonyl (C=O) groups is 4. The Morgan fingerprint density at radius 2 is 0.818 bits per heavy atom. The summed E-state index contributed by atoms with van der Waals surface area (Å²) in [7, 11) is 0. The van der Waals surface area contributed by atoms with Crippen LogP contribution in [0.25, 0.3) is 0 Å². The van der Waals surface area contributed by atoms with Crippen molar-refractivity contribution in [1.29, 1.82) is 0 Å². The molecule has 1 fully saturated rings. The highest BCUT2D eigenvalue weighted by atomic mass is 32.2. The summed E-state index contributed by atoms with van der Waals surface area (Å²) < 4.78 is -0.316. The van der Waals surface area contributed by atoms with E-state index >= 15 is 0 Å². The molecule has 1 heterocycles. The number of aliphatic carboxylic acids is 3. The first-order valence-corrected chi connectivity index (χ1v) is 20.3. The molecule has 1 amide bonds. The molecule has 12 nitrogen and oxygen atoms in total. The van der Waals surface area contributed by atoms with Crippen molar-refractivity contribution in [2.24, 2.45) is 0 Å². The zero-order chi connectivity index (χ0) is 39.3. The second-order valence-corrected chi connectivity index (χ2v) is 15.3. The first kappa shape index (κ1) is 43.5. The topological polar surface area (TPSA) is 154 Å². The van der Waals surface area contributed by atoms with Gasteiger partial charge < -0.3 is 20.6 Å². The number of carboxylic acids is 3. The second kappa shape index (κ2) is 23.6. The molecule has 0 aliphatic carbocycles. The molecular weight excluding hydrogens is 719 g/mol. The van der Waals surface area contributed by atoms with Gasteiger partial charge in [-0.2, -0.15) is 0 Å². The molecule has 1 saturated heterocycles. The minimum absolute atomic E-state index is 0.121. The van der Waals surface area contributed by atoms with E-state index < -0.39 is 17.9 Å². The fourth-order valence-electron chi connectivity index (χ4n) is 7.02. The van der Waals surface area contributed by atoms with Gasteiger partial charge in [0, 0.05) is 58.9 Å². The second-order valence-electron chi connectivity index (χ2n) is 14.0. The van der Waals surface area contributed by atoms with Crippen molar-refractivity contribution < 1.29 is 34.5 Å². The Hall–Kier alpha value is -4.27. The minimum atomic E-state index is -0.998. The molecule has 13 heteroatoms. The lowest BCUT2D eigenvalue weighted by Crippen LogP contribution is -2.49. The Labute approximate surface area is 329 Å². The summed E-state index contributed by atoms with van der Waals surface area (Å²) in [6, 6.07) is 32.2. The van der Waals surface area contributed by atoms with Crippen LogP contribution in [0.2, 0.25) is 0 Å². The minimum Gasteiger partial charge on any atom is -0.480 e. The lowest BCUT2D eigenvalue weighted by molar-refractivity contribution is -0.140. The predicted octanol–water partition coefficient (Wildman–Crippen LogP) is 4.25. The summed E-state index contributed by atoms with van der Waals surface area (Å²) in [4.78, 5) is 54.7. The highest BCUT2D eigenvalue weighted by Crippen LogP contribution is 2.48. The number of nitrogens with zero attached hydrogens (tertiary/aromatic N) is 4. The van der Waals surface area contributed by atoms with Crippen LogP contribution in [0.15, 0.2) is 91.0 Å². The van der Waals surface area contributed by atoms with Crippen LogP contribution in [0.4, 0.5) is 0 Å². The van der Waals surface area contributed by atoms with Crippen LogP contribution in [-0.2, 0) is 23.9 Å². The first-order valence-electron chi connectivity index (χ1n) is 19.3. The first-order chi connectivity index (χ1) is 26.7. The third-order valence-corrected chi connectivity index (χ3v) is 11.5. The fourth-order valence-corrected chi connectivity index (χ4v) is 8.59. The van der Waals surface area contributed by atoms with Crippen molar-refractivity contribution in [2.45, 2.75) is 36.9 Å². The maximum absolute atomic E-state index is 13.0. The average molecular weight is 776 g/mol. The number of thioether (sulfide) groups is 1. The van der Waals surface area contributed by atoms with Crippen LogP contribution < -0.4 is 5.32 Å². The largest absolute Gasteiger partial charge is 0.480 e. The molecule has 0 bridgehead atoms. The molecule has 0 spiro atoms. The van der Waals surface area contributed by atoms with Crippen LogP contribution in [0, 0.1) is 0 Å². The van der Waals surface area contributed by atoms with Gasteiger partial charge in [-0.05, 0) is 35.3 Å². The Morgan fingerprint density at radius 1 is 0.491 bits per heavy atom. The quantitative estimate of drug-likeness (QED) is 0.0959. The lowest BCUT2D eigenvalue weighted by atomic mass is 9.84. The number of amides is 1. The molecule has 0 radical (unpaired) electrons. The van der Waals surface area contributed by atoms with E-state index in [2.05, 4.69) is 96.3 Å². The summed E-state index contributed by atoms with van der Waals surface area (Å²) in [5.74, 6) is -2.08. The van der Waals surface area contributed by atoms with E-state index in [1.165, 1.54) is 16.7 Å². The number of carbonyl (C=O) groups excluding carboxylic acids is 1. The summed E-state index contributed by atoms with van der Waals surface area (Å²) in [5, 5.41) is 31.3. The van der Waals surface area contributed by atoms with Crippen molar-refractivity contribution in [3.05, 3.63) is 108 Å². The summed E-state index contributed by atoms with van der Waals surface area (Å²) in [6.45, 7) is 3.00. The van der Waals surface area contributed by atoms with E-state index in [0.29, 0.717) is 58.9 Å². The molecule has 1 aliphatic rings. The molecule has 0 aromatic heterocycles.